The minimum Gasteiger partial charge on any atom is -0.480 e. The second-order valence-electron chi connectivity index (χ2n) is 16.6. The van der Waals surface area contributed by atoms with E-state index in [1.807, 2.05) is 32.0 Å². The van der Waals surface area contributed by atoms with Crippen LogP contribution in [0.5, 0.6) is 23.0 Å². The lowest BCUT2D eigenvalue weighted by molar-refractivity contribution is -0.172. The van der Waals surface area contributed by atoms with Gasteiger partial charge in [-0.15, -0.1) is 0 Å². The molecule has 0 fully saturated rings. The number of methoxy groups -OCH3 is 1. The molecule has 3 aromatic rings. The number of urea groups is 1. The zero-order chi connectivity index (χ0) is 50.4. The normalized spacial score (nSPS) is 17.0. The third-order valence-electron chi connectivity index (χ3n) is 10.7. The number of aliphatic carboxylic acids is 1. The van der Waals surface area contributed by atoms with Gasteiger partial charge in [0.1, 0.15) is 28.8 Å². The van der Waals surface area contributed by atoms with Crippen LogP contribution in [0.1, 0.15) is 84.6 Å². The first-order valence-electron chi connectivity index (χ1n) is 21.6. The van der Waals surface area contributed by atoms with E-state index in [2.05, 4.69) is 24.5 Å². The predicted octanol–water partition coefficient (Wildman–Crippen LogP) is 8.06. The van der Waals surface area contributed by atoms with E-state index in [1.54, 1.807) is 31.4 Å². The second kappa shape index (κ2) is 24.6. The van der Waals surface area contributed by atoms with Gasteiger partial charge >= 0.3 is 25.6 Å². The summed E-state index contributed by atoms with van der Waals surface area (Å²) < 4.78 is 52.7. The summed E-state index contributed by atoms with van der Waals surface area (Å²) >= 11 is 6.02. The van der Waals surface area contributed by atoms with E-state index in [0.717, 1.165) is 65.9 Å². The molecule has 1 atom stereocenters. The molecule has 19 nitrogen and oxygen atoms in total. The number of fused-ring (bicyclic) bond motifs is 1. The first kappa shape index (κ1) is 55.0. The SMILES string of the molecule is CCCCCOC(=O)COc1cc(N2C(=O)C3=C(CCCC3)C2=O)c(F)cc1Cl.CON(C)C(=O)Nc1ccc(Oc2ccc3c(c2)OC(C)(OC)CC3(C)C)cc1.O=C(O)CNCP(=O)(O)O. The van der Waals surface area contributed by atoms with Crippen LogP contribution in [0.4, 0.5) is 20.6 Å². The Morgan fingerprint density at radius 2 is 1.59 bits per heavy atom. The Balaban J connectivity index is 0.000000248. The van der Waals surface area contributed by atoms with E-state index in [4.69, 9.17) is 55.0 Å². The third-order valence-corrected chi connectivity index (χ3v) is 11.6. The predicted molar refractivity (Wildman–Crippen MR) is 248 cm³/mol. The molecule has 0 bridgehead atoms. The highest BCUT2D eigenvalue weighted by molar-refractivity contribution is 7.51. The molecule has 2 heterocycles. The molecule has 5 N–H and O–H groups in total. The van der Waals surface area contributed by atoms with Crippen molar-refractivity contribution in [1.82, 2.24) is 10.4 Å². The minimum atomic E-state index is -4.10. The van der Waals surface area contributed by atoms with E-state index in [0.29, 0.717) is 47.8 Å². The lowest BCUT2D eigenvalue weighted by Crippen LogP contribution is -2.45. The van der Waals surface area contributed by atoms with Gasteiger partial charge in [0.2, 0.25) is 5.79 Å². The zero-order valence-corrected chi connectivity index (χ0v) is 40.7. The van der Waals surface area contributed by atoms with Gasteiger partial charge in [-0.1, -0.05) is 51.3 Å². The fourth-order valence-corrected chi connectivity index (χ4v) is 7.91. The van der Waals surface area contributed by atoms with Crippen LogP contribution in [0.3, 0.4) is 0 Å². The van der Waals surface area contributed by atoms with Crippen LogP contribution < -0.4 is 29.7 Å². The number of hydrogen-bond donors (Lipinski definition) is 5. The quantitative estimate of drug-likeness (QED) is 0.0282. The average Bonchev–Trinajstić information content (AvgIpc) is 3.52. The van der Waals surface area contributed by atoms with Crippen molar-refractivity contribution in [2.75, 3.05) is 57.5 Å². The number of carboxylic acids is 1. The molecule has 3 aliphatic rings. The molecule has 1 unspecified atom stereocenters. The molecule has 3 aromatic carbocycles. The summed E-state index contributed by atoms with van der Waals surface area (Å²) in [7, 11) is 0.517. The maximum atomic E-state index is 14.5. The number of amides is 4. The van der Waals surface area contributed by atoms with Crippen LogP contribution in [0.15, 0.2) is 65.7 Å². The van der Waals surface area contributed by atoms with E-state index in [1.165, 1.54) is 20.2 Å². The Morgan fingerprint density at radius 3 is 2.16 bits per heavy atom. The fourth-order valence-electron chi connectivity index (χ4n) is 7.30. The third kappa shape index (κ3) is 15.7. The highest BCUT2D eigenvalue weighted by Crippen LogP contribution is 2.47. The lowest BCUT2D eigenvalue weighted by atomic mass is 9.76. The van der Waals surface area contributed by atoms with Crippen molar-refractivity contribution in [2.24, 2.45) is 0 Å². The Hall–Kier alpha value is -5.60. The number of unbranched alkanes of at least 4 members (excludes halogenated alkanes) is 2. The van der Waals surface area contributed by atoms with Gasteiger partial charge in [-0.25, -0.2) is 23.9 Å². The van der Waals surface area contributed by atoms with Crippen LogP contribution in [0, 0.1) is 5.82 Å². The Kier molecular flexibility index (Phi) is 19.9. The summed E-state index contributed by atoms with van der Waals surface area (Å²) in [6.45, 7) is 7.80. The zero-order valence-electron chi connectivity index (χ0n) is 39.0. The van der Waals surface area contributed by atoms with Gasteiger partial charge in [-0.2, -0.15) is 0 Å². The summed E-state index contributed by atoms with van der Waals surface area (Å²) in [5, 5.41) is 13.8. The number of imide groups is 1. The van der Waals surface area contributed by atoms with Gasteiger partial charge in [0.05, 0.1) is 37.3 Å². The van der Waals surface area contributed by atoms with Crippen molar-refractivity contribution in [2.45, 2.75) is 90.3 Å². The molecule has 1 aliphatic carbocycles. The molecular weight excluding hydrogens is 934 g/mol. The standard InChI is InChI=1S/C22H28N2O5.C21H23ClFNO5.C3H8NO5P/c1-21(2)14-22(3,26-5)29-19-13-17(11-12-18(19)21)28-16-9-7-15(8-10-16)23-20(25)24(4)27-6;1-2-3-6-9-28-19(25)12-29-18-11-17(16(23)10-15(18)22)24-20(26)13-7-4-5-8-14(13)21(24)27;5-3(6)1-4-2-10(7,8)9/h7-13H,14H2,1-6H3,(H,23,25);10-11H,2-9,12H2,1H3;4H,1-2H2,(H,5,6)(H2,7,8,9). The largest absolute Gasteiger partial charge is 0.480 e. The summed E-state index contributed by atoms with van der Waals surface area (Å²) in [6, 6.07) is 14.7. The highest BCUT2D eigenvalue weighted by Gasteiger charge is 2.43. The van der Waals surface area contributed by atoms with Crippen molar-refractivity contribution in [3.63, 3.8) is 0 Å². The topological polar surface area (TPSA) is 249 Å². The van der Waals surface area contributed by atoms with Crippen LogP contribution in [0.25, 0.3) is 0 Å². The lowest BCUT2D eigenvalue weighted by Gasteiger charge is -2.43. The Bertz CT molecular complexity index is 2350. The molecular formula is C46H59ClFN4O15P. The first-order chi connectivity index (χ1) is 32.0. The van der Waals surface area contributed by atoms with Gasteiger partial charge in [-0.3, -0.25) is 29.1 Å². The van der Waals surface area contributed by atoms with Crippen molar-refractivity contribution in [3.8, 4) is 23.0 Å². The molecule has 0 radical (unpaired) electrons. The van der Waals surface area contributed by atoms with Crippen molar-refractivity contribution in [3.05, 3.63) is 82.1 Å². The second-order valence-corrected chi connectivity index (χ2v) is 18.7. The maximum absolute atomic E-state index is 14.5. The molecule has 4 amide bonds. The van der Waals surface area contributed by atoms with Crippen LogP contribution in [-0.2, 0) is 43.5 Å². The number of nitrogens with one attached hydrogen (secondary N) is 2. The number of rotatable bonds is 17. The van der Waals surface area contributed by atoms with E-state index < -0.39 is 62.4 Å². The van der Waals surface area contributed by atoms with Gasteiger partial charge in [0.15, 0.2) is 6.61 Å². The molecule has 6 rings (SSSR count). The number of nitrogens with zero attached hydrogens (tertiary/aromatic N) is 2. The molecule has 0 aromatic heterocycles. The number of benzene rings is 3. The smallest absolute Gasteiger partial charge is 0.345 e. The molecule has 0 spiro atoms. The summed E-state index contributed by atoms with van der Waals surface area (Å²) in [5.74, 6) is -2.16. The van der Waals surface area contributed by atoms with Crippen LogP contribution >= 0.6 is 19.2 Å². The fraction of sp³-hybridized carbons (Fsp3) is 0.457. The molecule has 0 saturated carbocycles. The molecule has 0 saturated heterocycles. The van der Waals surface area contributed by atoms with Gasteiger partial charge in [0, 0.05) is 62.0 Å². The van der Waals surface area contributed by atoms with Crippen LogP contribution in [-0.4, -0.2) is 103 Å². The summed E-state index contributed by atoms with van der Waals surface area (Å²) in [4.78, 5) is 80.8. The first-order valence-corrected chi connectivity index (χ1v) is 23.8. The molecule has 22 heteroatoms. The number of hydrogen-bond acceptors (Lipinski definition) is 13. The Morgan fingerprint density at radius 1 is 0.956 bits per heavy atom. The highest BCUT2D eigenvalue weighted by atomic mass is 35.5. The maximum Gasteiger partial charge on any atom is 0.345 e. The van der Waals surface area contributed by atoms with E-state index in [-0.39, 0.29) is 27.9 Å². The van der Waals surface area contributed by atoms with Gasteiger partial charge < -0.3 is 43.9 Å². The number of carboxylic acid groups (broad SMARTS) is 1. The molecule has 2 aliphatic heterocycles. The van der Waals surface area contributed by atoms with Crippen LogP contribution in [0.2, 0.25) is 5.02 Å². The summed E-state index contributed by atoms with van der Waals surface area (Å²) in [6.07, 6.45) is 5.56. The molecule has 372 valence electrons. The van der Waals surface area contributed by atoms with Gasteiger partial charge in [-0.05, 0) is 73.9 Å². The van der Waals surface area contributed by atoms with Crippen molar-refractivity contribution >= 4 is 60.4 Å². The Labute approximate surface area is 398 Å². The number of carbonyl (C=O) groups excluding carboxylic acids is 4. The number of halogens is 2. The number of carbonyl (C=O) groups is 5. The number of esters is 1. The van der Waals surface area contributed by atoms with Gasteiger partial charge in [0.25, 0.3) is 11.8 Å². The number of anilines is 2. The summed E-state index contributed by atoms with van der Waals surface area (Å²) in [5.41, 5.74) is 2.36. The van der Waals surface area contributed by atoms with Crippen molar-refractivity contribution in [1.29, 1.82) is 0 Å². The van der Waals surface area contributed by atoms with Crippen molar-refractivity contribution < 1.29 is 76.3 Å². The number of ether oxygens (including phenoxy) is 5. The minimum absolute atomic E-state index is 0.000883. The van der Waals surface area contributed by atoms with E-state index in [9.17, 15) is 32.9 Å². The molecule has 68 heavy (non-hydrogen) atoms. The monoisotopic (exact) mass is 992 g/mol. The number of hydroxylamine groups is 2. The average molecular weight is 993 g/mol. The van der Waals surface area contributed by atoms with E-state index >= 15 is 0 Å².